The van der Waals surface area contributed by atoms with Crippen LogP contribution >= 0.6 is 11.8 Å². The lowest BCUT2D eigenvalue weighted by Gasteiger charge is -2.19. The molecule has 1 amide bonds. The van der Waals surface area contributed by atoms with Crippen molar-refractivity contribution in [3.05, 3.63) is 29.8 Å². The fourth-order valence-electron chi connectivity index (χ4n) is 3.37. The van der Waals surface area contributed by atoms with E-state index in [1.165, 1.54) is 43.0 Å². The maximum Gasteiger partial charge on any atom is 0.233 e. The number of amides is 1. The van der Waals surface area contributed by atoms with E-state index in [1.54, 1.807) is 4.68 Å². The minimum absolute atomic E-state index is 0.0663. The molecule has 1 aromatic carbocycles. The molecule has 2 aromatic rings. The molecule has 1 saturated carbocycles. The van der Waals surface area contributed by atoms with Gasteiger partial charge in [-0.2, -0.15) is 4.68 Å². The van der Waals surface area contributed by atoms with Gasteiger partial charge in [0.2, 0.25) is 11.1 Å². The summed E-state index contributed by atoms with van der Waals surface area (Å²) in [5, 5.41) is 15.6. The van der Waals surface area contributed by atoms with Gasteiger partial charge in [-0.3, -0.25) is 4.79 Å². The standard InChI is InChI=1S/C20H29N5OS/c1-14(2)16-10-12-18(13-11-16)25-20(22-23-24-25)27-15(3)19(26)21-17-8-6-4-5-7-9-17/h10-15,17H,4-9H2,1-3H3,(H,21,26)/t15-/m1/s1. The van der Waals surface area contributed by atoms with Crippen LogP contribution in [0.5, 0.6) is 0 Å². The van der Waals surface area contributed by atoms with Crippen molar-refractivity contribution in [2.75, 3.05) is 0 Å². The molecule has 0 spiro atoms. The highest BCUT2D eigenvalue weighted by Crippen LogP contribution is 2.25. The highest BCUT2D eigenvalue weighted by atomic mass is 32.2. The zero-order chi connectivity index (χ0) is 19.2. The highest BCUT2D eigenvalue weighted by Gasteiger charge is 2.22. The highest BCUT2D eigenvalue weighted by molar-refractivity contribution is 8.00. The SMILES string of the molecule is CC(C)c1ccc(-n2nnnc2S[C@H](C)C(=O)NC2CCCCCC2)cc1. The van der Waals surface area contributed by atoms with Crippen LogP contribution in [-0.4, -0.2) is 37.4 Å². The lowest BCUT2D eigenvalue weighted by molar-refractivity contribution is -0.121. The Kier molecular flexibility index (Phi) is 6.88. The minimum Gasteiger partial charge on any atom is -0.352 e. The fraction of sp³-hybridized carbons (Fsp3) is 0.600. The minimum atomic E-state index is -0.243. The number of rotatable bonds is 6. The third-order valence-corrected chi connectivity index (χ3v) is 6.13. The molecule has 1 aliphatic carbocycles. The van der Waals surface area contributed by atoms with Gasteiger partial charge in [0, 0.05) is 6.04 Å². The van der Waals surface area contributed by atoms with E-state index >= 15 is 0 Å². The van der Waals surface area contributed by atoms with Crippen LogP contribution in [0.2, 0.25) is 0 Å². The van der Waals surface area contributed by atoms with Crippen LogP contribution in [0.25, 0.3) is 5.69 Å². The van der Waals surface area contributed by atoms with Crippen molar-refractivity contribution >= 4 is 17.7 Å². The van der Waals surface area contributed by atoms with Crippen LogP contribution in [0, 0.1) is 0 Å². The summed E-state index contributed by atoms with van der Waals surface area (Å²) in [6.07, 6.45) is 7.14. The summed E-state index contributed by atoms with van der Waals surface area (Å²) in [6, 6.07) is 8.54. The first-order valence-corrected chi connectivity index (χ1v) is 10.8. The Balaban J connectivity index is 1.63. The summed E-state index contributed by atoms with van der Waals surface area (Å²) in [4.78, 5) is 12.6. The summed E-state index contributed by atoms with van der Waals surface area (Å²) in [5.41, 5.74) is 2.18. The van der Waals surface area contributed by atoms with E-state index in [2.05, 4.69) is 46.8 Å². The number of carbonyl (C=O) groups excluding carboxylic acids is 1. The van der Waals surface area contributed by atoms with E-state index < -0.39 is 0 Å². The average Bonchev–Trinajstić information content (AvgIpc) is 2.96. The van der Waals surface area contributed by atoms with E-state index in [1.807, 2.05) is 19.1 Å². The zero-order valence-corrected chi connectivity index (χ0v) is 17.2. The van der Waals surface area contributed by atoms with Crippen LogP contribution in [-0.2, 0) is 4.79 Å². The monoisotopic (exact) mass is 387 g/mol. The predicted molar refractivity (Wildman–Crippen MR) is 108 cm³/mol. The summed E-state index contributed by atoms with van der Waals surface area (Å²) in [5.74, 6) is 0.547. The van der Waals surface area contributed by atoms with Crippen molar-refractivity contribution in [2.24, 2.45) is 0 Å². The Morgan fingerprint density at radius 2 is 1.78 bits per heavy atom. The number of carbonyl (C=O) groups is 1. The zero-order valence-electron chi connectivity index (χ0n) is 16.4. The van der Waals surface area contributed by atoms with Crippen molar-refractivity contribution in [3.63, 3.8) is 0 Å². The first kappa shape index (κ1) is 19.9. The Morgan fingerprint density at radius 3 is 2.41 bits per heavy atom. The van der Waals surface area contributed by atoms with Gasteiger partial charge in [-0.05, 0) is 53.8 Å². The Labute approximate surface area is 165 Å². The molecule has 1 fully saturated rings. The number of nitrogens with zero attached hydrogens (tertiary/aromatic N) is 4. The van der Waals surface area contributed by atoms with Crippen LogP contribution in [0.1, 0.15) is 70.8 Å². The molecular formula is C20H29N5OS. The van der Waals surface area contributed by atoms with Crippen molar-refractivity contribution in [3.8, 4) is 5.69 Å². The van der Waals surface area contributed by atoms with Gasteiger partial charge in [-0.25, -0.2) is 0 Å². The molecule has 3 rings (SSSR count). The van der Waals surface area contributed by atoms with Gasteiger partial charge >= 0.3 is 0 Å². The van der Waals surface area contributed by atoms with E-state index in [0.717, 1.165) is 18.5 Å². The van der Waals surface area contributed by atoms with E-state index in [-0.39, 0.29) is 11.2 Å². The Morgan fingerprint density at radius 1 is 1.11 bits per heavy atom. The summed E-state index contributed by atoms with van der Waals surface area (Å²) >= 11 is 1.40. The van der Waals surface area contributed by atoms with Crippen molar-refractivity contribution in [2.45, 2.75) is 81.7 Å². The summed E-state index contributed by atoms with van der Waals surface area (Å²) in [6.45, 7) is 6.25. The van der Waals surface area contributed by atoms with E-state index in [0.29, 0.717) is 17.1 Å². The number of hydrogen-bond donors (Lipinski definition) is 1. The van der Waals surface area contributed by atoms with Crippen LogP contribution in [0.4, 0.5) is 0 Å². The second kappa shape index (κ2) is 9.35. The second-order valence-electron chi connectivity index (χ2n) is 7.58. The number of hydrogen-bond acceptors (Lipinski definition) is 5. The van der Waals surface area contributed by atoms with Crippen molar-refractivity contribution < 1.29 is 4.79 Å². The molecule has 27 heavy (non-hydrogen) atoms. The smallest absolute Gasteiger partial charge is 0.233 e. The third kappa shape index (κ3) is 5.31. The van der Waals surface area contributed by atoms with E-state index in [9.17, 15) is 4.79 Å². The predicted octanol–water partition coefficient (Wildman–Crippen LogP) is 4.11. The second-order valence-corrected chi connectivity index (χ2v) is 8.88. The number of thioether (sulfide) groups is 1. The maximum atomic E-state index is 12.6. The van der Waals surface area contributed by atoms with Gasteiger partial charge in [-0.1, -0.05) is 63.4 Å². The first-order chi connectivity index (χ1) is 13.0. The largest absolute Gasteiger partial charge is 0.352 e. The van der Waals surface area contributed by atoms with Gasteiger partial charge in [0.25, 0.3) is 0 Å². The third-order valence-electron chi connectivity index (χ3n) is 5.10. The molecule has 0 unspecified atom stereocenters. The van der Waals surface area contributed by atoms with E-state index in [4.69, 9.17) is 0 Å². The molecule has 0 aliphatic heterocycles. The number of tetrazole rings is 1. The quantitative estimate of drug-likeness (QED) is 0.597. The molecule has 146 valence electrons. The molecule has 0 bridgehead atoms. The lowest BCUT2D eigenvalue weighted by atomic mass is 10.0. The Hall–Kier alpha value is -1.89. The molecule has 0 saturated heterocycles. The lowest BCUT2D eigenvalue weighted by Crippen LogP contribution is -2.39. The summed E-state index contributed by atoms with van der Waals surface area (Å²) < 4.78 is 1.70. The van der Waals surface area contributed by atoms with Gasteiger partial charge in [-0.15, -0.1) is 5.10 Å². The molecule has 1 aromatic heterocycles. The fourth-order valence-corrected chi connectivity index (χ4v) is 4.19. The molecular weight excluding hydrogens is 358 g/mol. The van der Waals surface area contributed by atoms with Gasteiger partial charge in [0.1, 0.15) is 0 Å². The van der Waals surface area contributed by atoms with Gasteiger partial charge < -0.3 is 5.32 Å². The van der Waals surface area contributed by atoms with Crippen LogP contribution in [0.15, 0.2) is 29.4 Å². The average molecular weight is 388 g/mol. The molecule has 1 heterocycles. The van der Waals surface area contributed by atoms with Crippen molar-refractivity contribution in [1.29, 1.82) is 0 Å². The Bertz CT molecular complexity index is 735. The molecule has 7 heteroatoms. The molecule has 1 N–H and O–H groups in total. The number of benzene rings is 1. The summed E-state index contributed by atoms with van der Waals surface area (Å²) in [7, 11) is 0. The number of aromatic nitrogens is 4. The van der Waals surface area contributed by atoms with Gasteiger partial charge in [0.15, 0.2) is 0 Å². The molecule has 1 aliphatic rings. The number of nitrogens with one attached hydrogen (secondary N) is 1. The molecule has 6 nitrogen and oxygen atoms in total. The van der Waals surface area contributed by atoms with Gasteiger partial charge in [0.05, 0.1) is 10.9 Å². The van der Waals surface area contributed by atoms with Crippen molar-refractivity contribution in [1.82, 2.24) is 25.5 Å². The molecule has 0 radical (unpaired) electrons. The molecule has 1 atom stereocenters. The van der Waals surface area contributed by atoms with Crippen LogP contribution in [0.3, 0.4) is 0 Å². The van der Waals surface area contributed by atoms with Crippen LogP contribution < -0.4 is 5.32 Å². The maximum absolute atomic E-state index is 12.6. The first-order valence-electron chi connectivity index (χ1n) is 9.90. The normalized spacial score (nSPS) is 16.9. The topological polar surface area (TPSA) is 72.7 Å².